The van der Waals surface area contributed by atoms with Gasteiger partial charge in [-0.25, -0.2) is 4.79 Å². The Morgan fingerprint density at radius 1 is 1.62 bits per heavy atom. The molecule has 70 valence electrons. The highest BCUT2D eigenvalue weighted by atomic mass is 16.4. The lowest BCUT2D eigenvalue weighted by atomic mass is 9.71. The quantitative estimate of drug-likeness (QED) is 0.491. The van der Waals surface area contributed by atoms with Crippen LogP contribution in [0, 0.1) is 11.8 Å². The Labute approximate surface area is 76.4 Å². The zero-order valence-corrected chi connectivity index (χ0v) is 7.23. The van der Waals surface area contributed by atoms with Gasteiger partial charge in [0.1, 0.15) is 0 Å². The summed E-state index contributed by atoms with van der Waals surface area (Å²) in [6, 6.07) is 0. The number of hydrogen-bond acceptors (Lipinski definition) is 2. The Morgan fingerprint density at radius 3 is 3.00 bits per heavy atom. The molecule has 0 aromatic carbocycles. The van der Waals surface area contributed by atoms with Gasteiger partial charge in [-0.1, -0.05) is 11.6 Å². The number of aliphatic hydroxyl groups is 1. The van der Waals surface area contributed by atoms with Gasteiger partial charge >= 0.3 is 5.97 Å². The van der Waals surface area contributed by atoms with Crippen LogP contribution in [0.3, 0.4) is 0 Å². The van der Waals surface area contributed by atoms with Crippen molar-refractivity contribution < 1.29 is 15.0 Å². The summed E-state index contributed by atoms with van der Waals surface area (Å²) >= 11 is 0. The highest BCUT2D eigenvalue weighted by molar-refractivity contribution is 5.81. The molecule has 0 saturated heterocycles. The van der Waals surface area contributed by atoms with Gasteiger partial charge in [-0.2, -0.15) is 0 Å². The topological polar surface area (TPSA) is 57.5 Å². The summed E-state index contributed by atoms with van der Waals surface area (Å²) in [5.41, 5.74) is 2.06. The Hall–Kier alpha value is -1.09. The van der Waals surface area contributed by atoms with E-state index in [9.17, 15) is 4.79 Å². The first-order valence-corrected chi connectivity index (χ1v) is 4.44. The summed E-state index contributed by atoms with van der Waals surface area (Å²) in [6.45, 7) is 0.118. The molecule has 13 heavy (non-hydrogen) atoms. The average Bonchev–Trinajstić information content (AvgIpc) is 2.38. The molecule has 0 aromatic rings. The predicted molar refractivity (Wildman–Crippen MR) is 47.1 cm³/mol. The molecule has 2 aliphatic rings. The van der Waals surface area contributed by atoms with Gasteiger partial charge in [-0.3, -0.25) is 0 Å². The van der Waals surface area contributed by atoms with Crippen molar-refractivity contribution in [3.63, 3.8) is 0 Å². The predicted octanol–water partition coefficient (Wildman–Crippen LogP) is 0.956. The van der Waals surface area contributed by atoms with E-state index in [4.69, 9.17) is 10.2 Å². The molecular formula is C10H12O3. The fourth-order valence-corrected chi connectivity index (χ4v) is 2.24. The number of rotatable bonds is 2. The molecule has 2 N–H and O–H groups in total. The van der Waals surface area contributed by atoms with E-state index in [1.807, 2.05) is 6.08 Å². The lowest BCUT2D eigenvalue weighted by Crippen LogP contribution is -2.24. The van der Waals surface area contributed by atoms with Crippen molar-refractivity contribution in [1.29, 1.82) is 0 Å². The van der Waals surface area contributed by atoms with Crippen molar-refractivity contribution in [3.05, 3.63) is 23.3 Å². The van der Waals surface area contributed by atoms with Crippen LogP contribution in [0.25, 0.3) is 0 Å². The fraction of sp³-hybridized carbons (Fsp3) is 0.500. The zero-order valence-electron chi connectivity index (χ0n) is 7.23. The number of allylic oxidation sites excluding steroid dienone is 2. The molecular weight excluding hydrogens is 168 g/mol. The third-order valence-electron chi connectivity index (χ3n) is 2.89. The third kappa shape index (κ3) is 1.40. The van der Waals surface area contributed by atoms with Crippen molar-refractivity contribution >= 4 is 5.97 Å². The van der Waals surface area contributed by atoms with Crippen LogP contribution in [-0.4, -0.2) is 22.8 Å². The summed E-state index contributed by atoms with van der Waals surface area (Å²) in [5.74, 6) is 0.00491. The third-order valence-corrected chi connectivity index (χ3v) is 2.89. The lowest BCUT2D eigenvalue weighted by Gasteiger charge is -2.33. The largest absolute Gasteiger partial charge is 0.478 e. The standard InChI is InChI=1S/C10H12O3/c11-5-6-1-7-3-8(4-10(12)13)9(7)2-6/h2,4,7,9,11H,1,3,5H2,(H,12,13)/t7-,9-/m0/s1. The Bertz CT molecular complexity index is 301. The van der Waals surface area contributed by atoms with Crippen molar-refractivity contribution in [1.82, 2.24) is 0 Å². The van der Waals surface area contributed by atoms with Crippen molar-refractivity contribution in [2.24, 2.45) is 11.8 Å². The summed E-state index contributed by atoms with van der Waals surface area (Å²) in [5, 5.41) is 17.4. The van der Waals surface area contributed by atoms with Crippen LogP contribution in [0.15, 0.2) is 23.3 Å². The van der Waals surface area contributed by atoms with Gasteiger partial charge in [0.25, 0.3) is 0 Å². The number of carboxylic acids is 1. The molecule has 0 spiro atoms. The molecule has 1 fully saturated rings. The number of hydrogen-bond donors (Lipinski definition) is 2. The molecule has 0 aromatic heterocycles. The minimum Gasteiger partial charge on any atom is -0.478 e. The van der Waals surface area contributed by atoms with E-state index >= 15 is 0 Å². The molecule has 0 heterocycles. The van der Waals surface area contributed by atoms with Gasteiger partial charge in [0, 0.05) is 12.0 Å². The number of aliphatic carboxylic acids is 1. The minimum atomic E-state index is -0.862. The van der Waals surface area contributed by atoms with Gasteiger partial charge in [0.15, 0.2) is 0 Å². The normalized spacial score (nSPS) is 33.9. The van der Waals surface area contributed by atoms with Crippen LogP contribution in [-0.2, 0) is 4.79 Å². The monoisotopic (exact) mass is 180 g/mol. The number of fused-ring (bicyclic) bond motifs is 1. The van der Waals surface area contributed by atoms with Crippen molar-refractivity contribution in [2.45, 2.75) is 12.8 Å². The zero-order chi connectivity index (χ0) is 9.42. The highest BCUT2D eigenvalue weighted by Crippen LogP contribution is 2.49. The summed E-state index contributed by atoms with van der Waals surface area (Å²) in [7, 11) is 0. The molecule has 0 aliphatic heterocycles. The lowest BCUT2D eigenvalue weighted by molar-refractivity contribution is -0.131. The van der Waals surface area contributed by atoms with Gasteiger partial charge in [0.2, 0.25) is 0 Å². The second kappa shape index (κ2) is 3.00. The van der Waals surface area contributed by atoms with Gasteiger partial charge < -0.3 is 10.2 Å². The van der Waals surface area contributed by atoms with E-state index < -0.39 is 5.97 Å². The molecule has 2 atom stereocenters. The Kier molecular flexibility index (Phi) is 1.96. The molecule has 0 radical (unpaired) electrons. The molecule has 0 unspecified atom stereocenters. The van der Waals surface area contributed by atoms with E-state index in [2.05, 4.69) is 0 Å². The fourth-order valence-electron chi connectivity index (χ4n) is 2.24. The molecule has 2 rings (SSSR count). The Balaban J connectivity index is 2.09. The minimum absolute atomic E-state index is 0.118. The first kappa shape index (κ1) is 8.51. The van der Waals surface area contributed by atoms with Crippen molar-refractivity contribution in [3.8, 4) is 0 Å². The van der Waals surface area contributed by atoms with Crippen LogP contribution in [0.4, 0.5) is 0 Å². The maximum atomic E-state index is 10.4. The molecule has 2 aliphatic carbocycles. The van der Waals surface area contributed by atoms with E-state index in [0.717, 1.165) is 24.0 Å². The smallest absolute Gasteiger partial charge is 0.328 e. The molecule has 3 nitrogen and oxygen atoms in total. The summed E-state index contributed by atoms with van der Waals surface area (Å²) in [6.07, 6.45) is 5.15. The van der Waals surface area contributed by atoms with Crippen LogP contribution in [0.1, 0.15) is 12.8 Å². The van der Waals surface area contributed by atoms with Gasteiger partial charge in [0.05, 0.1) is 6.61 Å². The number of aliphatic hydroxyl groups excluding tert-OH is 1. The second-order valence-electron chi connectivity index (χ2n) is 3.73. The van der Waals surface area contributed by atoms with Crippen LogP contribution < -0.4 is 0 Å². The SMILES string of the molecule is O=C(O)C=C1C[C@@H]2CC(CO)=C[C@H]12. The number of carbonyl (C=O) groups is 1. The van der Waals surface area contributed by atoms with E-state index in [1.54, 1.807) is 0 Å². The first-order chi connectivity index (χ1) is 6.20. The van der Waals surface area contributed by atoms with E-state index in [0.29, 0.717) is 11.8 Å². The van der Waals surface area contributed by atoms with Gasteiger partial charge in [-0.15, -0.1) is 0 Å². The average molecular weight is 180 g/mol. The summed E-state index contributed by atoms with van der Waals surface area (Å²) < 4.78 is 0. The molecule has 3 heteroatoms. The van der Waals surface area contributed by atoms with Crippen molar-refractivity contribution in [2.75, 3.05) is 6.61 Å². The van der Waals surface area contributed by atoms with Crippen LogP contribution in [0.2, 0.25) is 0 Å². The molecule has 0 amide bonds. The second-order valence-corrected chi connectivity index (χ2v) is 3.73. The maximum Gasteiger partial charge on any atom is 0.328 e. The van der Waals surface area contributed by atoms with Crippen LogP contribution >= 0.6 is 0 Å². The van der Waals surface area contributed by atoms with E-state index in [1.165, 1.54) is 6.08 Å². The van der Waals surface area contributed by atoms with E-state index in [-0.39, 0.29) is 6.61 Å². The van der Waals surface area contributed by atoms with Crippen LogP contribution in [0.5, 0.6) is 0 Å². The first-order valence-electron chi connectivity index (χ1n) is 4.44. The molecule has 0 bridgehead atoms. The van der Waals surface area contributed by atoms with Gasteiger partial charge in [-0.05, 0) is 24.3 Å². The number of carboxylic acid groups (broad SMARTS) is 1. The summed E-state index contributed by atoms with van der Waals surface area (Å²) in [4.78, 5) is 10.4. The Morgan fingerprint density at radius 2 is 2.38 bits per heavy atom. The maximum absolute atomic E-state index is 10.4. The molecule has 1 saturated carbocycles. The highest BCUT2D eigenvalue weighted by Gasteiger charge is 2.39.